The summed E-state index contributed by atoms with van der Waals surface area (Å²) in [5, 5.41) is 4.26. The molecule has 0 fully saturated rings. The van der Waals surface area contributed by atoms with E-state index in [4.69, 9.17) is 0 Å². The Kier molecular flexibility index (Phi) is 3.15. The van der Waals surface area contributed by atoms with E-state index < -0.39 is 0 Å². The molecule has 0 spiro atoms. The molecule has 0 aliphatic rings. The summed E-state index contributed by atoms with van der Waals surface area (Å²) in [6, 6.07) is 5.99. The SMILES string of the molecule is CC(=O)c1cnn(-c2ccc(Br)c(C)c2)c1C. The Bertz CT molecular complexity index is 587. The Labute approximate surface area is 109 Å². The van der Waals surface area contributed by atoms with Gasteiger partial charge in [0, 0.05) is 4.47 Å². The number of benzene rings is 1. The number of aromatic nitrogens is 2. The minimum Gasteiger partial charge on any atom is -0.294 e. The third-order valence-electron chi connectivity index (χ3n) is 2.78. The van der Waals surface area contributed by atoms with Crippen molar-refractivity contribution in [3.05, 3.63) is 45.7 Å². The van der Waals surface area contributed by atoms with Gasteiger partial charge in [-0.25, -0.2) is 4.68 Å². The number of carbonyl (C=O) groups is 1. The number of carbonyl (C=O) groups excluding carboxylic acids is 1. The standard InChI is InChI=1S/C13H13BrN2O/c1-8-6-11(4-5-13(8)14)16-9(2)12(7-15-16)10(3)17/h4-7H,1-3H3. The van der Waals surface area contributed by atoms with Crippen molar-refractivity contribution in [1.82, 2.24) is 9.78 Å². The Morgan fingerprint density at radius 3 is 2.59 bits per heavy atom. The van der Waals surface area contributed by atoms with Gasteiger partial charge in [0.25, 0.3) is 0 Å². The van der Waals surface area contributed by atoms with Crippen LogP contribution in [0.2, 0.25) is 0 Å². The van der Waals surface area contributed by atoms with Crippen LogP contribution in [-0.2, 0) is 0 Å². The van der Waals surface area contributed by atoms with E-state index in [1.54, 1.807) is 17.8 Å². The third kappa shape index (κ3) is 2.17. The van der Waals surface area contributed by atoms with E-state index in [1.807, 2.05) is 32.0 Å². The van der Waals surface area contributed by atoms with E-state index in [1.165, 1.54) is 0 Å². The van der Waals surface area contributed by atoms with E-state index in [0.717, 1.165) is 21.4 Å². The van der Waals surface area contributed by atoms with E-state index >= 15 is 0 Å². The highest BCUT2D eigenvalue weighted by Crippen LogP contribution is 2.21. The molecule has 0 saturated heterocycles. The minimum absolute atomic E-state index is 0.0441. The summed E-state index contributed by atoms with van der Waals surface area (Å²) < 4.78 is 2.86. The molecule has 0 atom stereocenters. The van der Waals surface area contributed by atoms with Gasteiger partial charge in [0.05, 0.1) is 23.1 Å². The molecule has 0 N–H and O–H groups in total. The van der Waals surface area contributed by atoms with Crippen molar-refractivity contribution in [3.8, 4) is 5.69 Å². The zero-order valence-corrected chi connectivity index (χ0v) is 11.6. The van der Waals surface area contributed by atoms with Crippen molar-refractivity contribution in [1.29, 1.82) is 0 Å². The number of rotatable bonds is 2. The molecule has 88 valence electrons. The zero-order valence-electron chi connectivity index (χ0n) is 9.99. The lowest BCUT2D eigenvalue weighted by atomic mass is 10.2. The molecule has 0 saturated carbocycles. The molecule has 0 amide bonds. The summed E-state index contributed by atoms with van der Waals surface area (Å²) in [5.41, 5.74) is 3.65. The molecule has 17 heavy (non-hydrogen) atoms. The lowest BCUT2D eigenvalue weighted by molar-refractivity contribution is 0.101. The molecule has 1 aromatic carbocycles. The Morgan fingerprint density at radius 1 is 1.35 bits per heavy atom. The summed E-state index contributed by atoms with van der Waals surface area (Å²) in [4.78, 5) is 11.4. The molecule has 0 unspecified atom stereocenters. The predicted octanol–water partition coefficient (Wildman–Crippen LogP) is 3.45. The van der Waals surface area contributed by atoms with Crippen LogP contribution in [0.1, 0.15) is 28.5 Å². The van der Waals surface area contributed by atoms with Gasteiger partial charge in [0.2, 0.25) is 0 Å². The van der Waals surface area contributed by atoms with E-state index in [9.17, 15) is 4.79 Å². The number of nitrogens with zero attached hydrogens (tertiary/aromatic N) is 2. The van der Waals surface area contributed by atoms with Crippen molar-refractivity contribution < 1.29 is 4.79 Å². The van der Waals surface area contributed by atoms with Gasteiger partial charge in [-0.15, -0.1) is 0 Å². The Balaban J connectivity index is 2.53. The number of ketones is 1. The molecule has 1 aromatic heterocycles. The first-order chi connectivity index (χ1) is 8.00. The smallest absolute Gasteiger partial charge is 0.163 e. The second-order valence-corrected chi connectivity index (χ2v) is 4.90. The van der Waals surface area contributed by atoms with Crippen LogP contribution >= 0.6 is 15.9 Å². The average Bonchev–Trinajstić information content (AvgIpc) is 2.64. The first-order valence-electron chi connectivity index (χ1n) is 5.33. The summed E-state index contributed by atoms with van der Waals surface area (Å²) in [6.07, 6.45) is 1.62. The van der Waals surface area contributed by atoms with Crippen LogP contribution in [0.15, 0.2) is 28.9 Å². The third-order valence-corrected chi connectivity index (χ3v) is 3.66. The van der Waals surface area contributed by atoms with Gasteiger partial charge in [0.1, 0.15) is 0 Å². The van der Waals surface area contributed by atoms with Crippen molar-refractivity contribution in [2.24, 2.45) is 0 Å². The lowest BCUT2D eigenvalue weighted by Crippen LogP contribution is -2.01. The maximum absolute atomic E-state index is 11.4. The molecule has 0 aliphatic heterocycles. The van der Waals surface area contributed by atoms with E-state index in [0.29, 0.717) is 5.56 Å². The topological polar surface area (TPSA) is 34.9 Å². The normalized spacial score (nSPS) is 10.6. The maximum atomic E-state index is 11.4. The predicted molar refractivity (Wildman–Crippen MR) is 70.7 cm³/mol. The molecule has 2 aromatic rings. The number of hydrogen-bond acceptors (Lipinski definition) is 2. The van der Waals surface area contributed by atoms with Crippen molar-refractivity contribution in [2.45, 2.75) is 20.8 Å². The monoisotopic (exact) mass is 292 g/mol. The molecule has 4 heteroatoms. The second kappa shape index (κ2) is 4.45. The van der Waals surface area contributed by atoms with Crippen LogP contribution in [0.5, 0.6) is 0 Å². The molecule has 0 radical (unpaired) electrons. The van der Waals surface area contributed by atoms with Gasteiger partial charge < -0.3 is 0 Å². The first-order valence-corrected chi connectivity index (χ1v) is 6.12. The Morgan fingerprint density at radius 2 is 2.06 bits per heavy atom. The van der Waals surface area contributed by atoms with Crippen molar-refractivity contribution in [2.75, 3.05) is 0 Å². The van der Waals surface area contributed by atoms with Crippen LogP contribution in [-0.4, -0.2) is 15.6 Å². The fourth-order valence-electron chi connectivity index (χ4n) is 1.78. The fraction of sp³-hybridized carbons (Fsp3) is 0.231. The summed E-state index contributed by atoms with van der Waals surface area (Å²) in [5.74, 6) is 0.0441. The Hall–Kier alpha value is -1.42. The quantitative estimate of drug-likeness (QED) is 0.795. The van der Waals surface area contributed by atoms with Gasteiger partial charge in [-0.3, -0.25) is 4.79 Å². The molecular weight excluding hydrogens is 280 g/mol. The fourth-order valence-corrected chi connectivity index (χ4v) is 2.02. The summed E-state index contributed by atoms with van der Waals surface area (Å²) in [6.45, 7) is 5.49. The molecular formula is C13H13BrN2O. The number of aryl methyl sites for hydroxylation is 1. The van der Waals surface area contributed by atoms with Crippen LogP contribution in [0.4, 0.5) is 0 Å². The number of halogens is 1. The molecule has 2 rings (SSSR count). The zero-order chi connectivity index (χ0) is 12.6. The largest absolute Gasteiger partial charge is 0.294 e. The van der Waals surface area contributed by atoms with Gasteiger partial charge in [-0.2, -0.15) is 5.10 Å². The van der Waals surface area contributed by atoms with Crippen LogP contribution in [0.3, 0.4) is 0 Å². The highest BCUT2D eigenvalue weighted by atomic mass is 79.9. The summed E-state index contributed by atoms with van der Waals surface area (Å²) >= 11 is 3.47. The number of hydrogen-bond donors (Lipinski definition) is 0. The van der Waals surface area contributed by atoms with Crippen LogP contribution in [0.25, 0.3) is 5.69 Å². The second-order valence-electron chi connectivity index (χ2n) is 4.05. The lowest BCUT2D eigenvalue weighted by Gasteiger charge is -2.07. The van der Waals surface area contributed by atoms with E-state index in [2.05, 4.69) is 21.0 Å². The van der Waals surface area contributed by atoms with Gasteiger partial charge >= 0.3 is 0 Å². The van der Waals surface area contributed by atoms with Gasteiger partial charge in [-0.1, -0.05) is 15.9 Å². The molecule has 0 bridgehead atoms. The molecule has 1 heterocycles. The summed E-state index contributed by atoms with van der Waals surface area (Å²) in [7, 11) is 0. The van der Waals surface area contributed by atoms with Crippen molar-refractivity contribution >= 4 is 21.7 Å². The molecule has 3 nitrogen and oxygen atoms in total. The minimum atomic E-state index is 0.0441. The van der Waals surface area contributed by atoms with Gasteiger partial charge in [-0.05, 0) is 44.5 Å². The van der Waals surface area contributed by atoms with Crippen LogP contribution < -0.4 is 0 Å². The molecule has 0 aliphatic carbocycles. The maximum Gasteiger partial charge on any atom is 0.163 e. The van der Waals surface area contributed by atoms with Crippen LogP contribution in [0, 0.1) is 13.8 Å². The highest BCUT2D eigenvalue weighted by molar-refractivity contribution is 9.10. The highest BCUT2D eigenvalue weighted by Gasteiger charge is 2.11. The van der Waals surface area contributed by atoms with E-state index in [-0.39, 0.29) is 5.78 Å². The average molecular weight is 293 g/mol. The first kappa shape index (κ1) is 12.0. The van der Waals surface area contributed by atoms with Gasteiger partial charge in [0.15, 0.2) is 5.78 Å². The number of Topliss-reactive ketones (excluding diaryl/α,β-unsaturated/α-hetero) is 1. The van der Waals surface area contributed by atoms with Crippen molar-refractivity contribution in [3.63, 3.8) is 0 Å².